The highest BCUT2D eigenvalue weighted by Crippen LogP contribution is 2.74. The molecule has 0 saturated heterocycles. The van der Waals surface area contributed by atoms with Crippen LogP contribution in [0.2, 0.25) is 0 Å². The first-order chi connectivity index (χ1) is 20.5. The van der Waals surface area contributed by atoms with Crippen molar-refractivity contribution >= 4 is 18.0 Å². The monoisotopic (exact) mass is 600 g/mol. The molecule has 3 fully saturated rings. The molecule has 2 N–H and O–H groups in total. The minimum absolute atomic E-state index is 0.00556. The second-order valence-electron chi connectivity index (χ2n) is 16.9. The lowest BCUT2D eigenvalue weighted by atomic mass is 9.35. The average Bonchev–Trinajstić information content (AvgIpc) is 2.96. The van der Waals surface area contributed by atoms with E-state index in [1.165, 1.54) is 17.2 Å². The molecule has 238 valence electrons. The molecule has 6 rings (SSSR count). The summed E-state index contributed by atoms with van der Waals surface area (Å²) in [7, 11) is 0. The second kappa shape index (κ2) is 10.1. The van der Waals surface area contributed by atoms with Crippen molar-refractivity contribution in [1.29, 1.82) is 0 Å². The molecule has 0 heterocycles. The molecular formula is C39H52O5. The third-order valence-electron chi connectivity index (χ3n) is 14.3. The summed E-state index contributed by atoms with van der Waals surface area (Å²) < 4.78 is 6.15. The Morgan fingerprint density at radius 2 is 1.55 bits per heavy atom. The zero-order valence-corrected chi connectivity index (χ0v) is 27.8. The number of hydrogen-bond donors (Lipinski definition) is 2. The molecule has 5 aliphatic carbocycles. The van der Waals surface area contributed by atoms with Gasteiger partial charge in [0, 0.05) is 11.5 Å². The molecule has 0 aromatic heterocycles. The maximum atomic E-state index is 13.0. The van der Waals surface area contributed by atoms with Crippen LogP contribution in [0.4, 0.5) is 0 Å². The number of rotatable bonds is 4. The van der Waals surface area contributed by atoms with Gasteiger partial charge in [-0.05, 0) is 133 Å². The Hall–Kier alpha value is -2.82. The van der Waals surface area contributed by atoms with Gasteiger partial charge in [0.05, 0.1) is 5.41 Å². The number of carboxylic acids is 1. The number of hydrogen-bond acceptors (Lipinski definition) is 4. The van der Waals surface area contributed by atoms with Crippen molar-refractivity contribution < 1.29 is 24.5 Å². The molecule has 0 amide bonds. The van der Waals surface area contributed by atoms with Gasteiger partial charge in [0.2, 0.25) is 0 Å². The second-order valence-corrected chi connectivity index (χ2v) is 16.9. The Labute approximate surface area is 263 Å². The number of benzene rings is 1. The zero-order valence-electron chi connectivity index (χ0n) is 27.8. The van der Waals surface area contributed by atoms with Crippen LogP contribution in [-0.4, -0.2) is 28.3 Å². The molecule has 44 heavy (non-hydrogen) atoms. The van der Waals surface area contributed by atoms with Gasteiger partial charge < -0.3 is 14.9 Å². The molecular weight excluding hydrogens is 548 g/mol. The quantitative estimate of drug-likeness (QED) is 0.266. The van der Waals surface area contributed by atoms with E-state index < -0.39 is 11.4 Å². The number of ether oxygens (including phenoxy) is 1. The first kappa shape index (κ1) is 31.2. The summed E-state index contributed by atoms with van der Waals surface area (Å²) in [6, 6.07) is 6.77. The van der Waals surface area contributed by atoms with Gasteiger partial charge in [0.15, 0.2) is 0 Å². The van der Waals surface area contributed by atoms with E-state index in [4.69, 9.17) is 4.74 Å². The van der Waals surface area contributed by atoms with Gasteiger partial charge in [-0.25, -0.2) is 4.79 Å². The molecule has 0 spiro atoms. The van der Waals surface area contributed by atoms with Crippen molar-refractivity contribution in [3.63, 3.8) is 0 Å². The Kier molecular flexibility index (Phi) is 7.15. The predicted molar refractivity (Wildman–Crippen MR) is 174 cm³/mol. The van der Waals surface area contributed by atoms with Crippen molar-refractivity contribution in [2.45, 2.75) is 112 Å². The molecule has 3 saturated carbocycles. The van der Waals surface area contributed by atoms with Gasteiger partial charge in [-0.3, -0.25) is 4.79 Å². The first-order valence-electron chi connectivity index (χ1n) is 16.8. The van der Waals surface area contributed by atoms with E-state index in [1.807, 2.05) is 6.92 Å². The Balaban J connectivity index is 1.26. The van der Waals surface area contributed by atoms with Gasteiger partial charge in [0.25, 0.3) is 0 Å². The molecule has 0 radical (unpaired) electrons. The van der Waals surface area contributed by atoms with E-state index in [1.54, 1.807) is 30.3 Å². The van der Waals surface area contributed by atoms with Gasteiger partial charge >= 0.3 is 11.9 Å². The fraction of sp³-hybridized carbons (Fsp3) is 0.641. The molecule has 5 nitrogen and oxygen atoms in total. The summed E-state index contributed by atoms with van der Waals surface area (Å²) in [6.07, 6.45) is 16.8. The number of aliphatic carboxylic acids is 1. The molecule has 0 unspecified atom stereocenters. The van der Waals surface area contributed by atoms with Gasteiger partial charge in [-0.15, -0.1) is 0 Å². The molecule has 1 aromatic carbocycles. The van der Waals surface area contributed by atoms with Crippen molar-refractivity contribution in [1.82, 2.24) is 0 Å². The van der Waals surface area contributed by atoms with Crippen molar-refractivity contribution in [2.24, 2.45) is 44.3 Å². The van der Waals surface area contributed by atoms with Crippen LogP contribution < -0.4 is 0 Å². The number of phenols is 1. The fourth-order valence-corrected chi connectivity index (χ4v) is 10.9. The standard InChI is InChI=1S/C39H52O5/c1-34(2)29-14-13-28-27(37(29,5)18-17-31(34)44-32(41)15-10-25-8-11-26(40)12-9-25)16-19-39(7)30-24-36(4,33(42)43)21-20-35(30,3)22-23-38(28,39)6/h8-13,15-16,29-31,40H,14,17-24H2,1-7H3,(H,42,43)/b15-10+/t29-,30+,31+,35+,36+,37+,38+,39-/m0/s1. The van der Waals surface area contributed by atoms with Crippen LogP contribution >= 0.6 is 0 Å². The van der Waals surface area contributed by atoms with Crippen LogP contribution in [0.3, 0.4) is 0 Å². The molecule has 0 aliphatic heterocycles. The van der Waals surface area contributed by atoms with E-state index in [0.717, 1.165) is 63.4 Å². The summed E-state index contributed by atoms with van der Waals surface area (Å²) in [5.74, 6) is -0.0352. The lowest BCUT2D eigenvalue weighted by molar-refractivity contribution is -0.172. The number of esters is 1. The third kappa shape index (κ3) is 4.46. The highest BCUT2D eigenvalue weighted by molar-refractivity contribution is 5.87. The topological polar surface area (TPSA) is 83.8 Å². The third-order valence-corrected chi connectivity index (χ3v) is 14.3. The van der Waals surface area contributed by atoms with Crippen LogP contribution in [0.1, 0.15) is 112 Å². The Morgan fingerprint density at radius 3 is 2.23 bits per heavy atom. The molecule has 5 heteroatoms. The number of carboxylic acid groups (broad SMARTS) is 1. The molecule has 1 aromatic rings. The maximum Gasteiger partial charge on any atom is 0.331 e. The van der Waals surface area contributed by atoms with Gasteiger partial charge in [-0.1, -0.05) is 65.8 Å². The van der Waals surface area contributed by atoms with Gasteiger partial charge in [-0.2, -0.15) is 0 Å². The van der Waals surface area contributed by atoms with Crippen LogP contribution in [0, 0.1) is 44.3 Å². The van der Waals surface area contributed by atoms with Gasteiger partial charge in [0.1, 0.15) is 11.9 Å². The summed E-state index contributed by atoms with van der Waals surface area (Å²) in [6.45, 7) is 16.4. The lowest BCUT2D eigenvalue weighted by Crippen LogP contribution is -2.61. The Morgan fingerprint density at radius 1 is 0.864 bits per heavy atom. The molecule has 0 bridgehead atoms. The van der Waals surface area contributed by atoms with E-state index in [9.17, 15) is 19.8 Å². The SMILES string of the molecule is CC1(C)[C@H](OC(=O)/C=C/c2ccc(O)cc2)CC[C@]2(C)C3=CC[C@@]4(C)[C@@H]5C[C@](C)(C(=O)O)CC[C@]5(C)CC[C@]4(C)C3=CC[C@@H]12. The average molecular weight is 601 g/mol. The predicted octanol–water partition coefficient (Wildman–Crippen LogP) is 9.12. The summed E-state index contributed by atoms with van der Waals surface area (Å²) in [5, 5.41) is 19.7. The molecule has 5 aliphatic rings. The number of allylic oxidation sites excluding steroid dienone is 4. The number of phenolic OH excluding ortho intramolecular Hbond substituents is 1. The van der Waals surface area contributed by atoms with Crippen LogP contribution in [-0.2, 0) is 14.3 Å². The van der Waals surface area contributed by atoms with E-state index in [2.05, 4.69) is 53.7 Å². The van der Waals surface area contributed by atoms with Crippen molar-refractivity contribution in [2.75, 3.05) is 0 Å². The van der Waals surface area contributed by atoms with Crippen LogP contribution in [0.15, 0.2) is 53.6 Å². The van der Waals surface area contributed by atoms with Crippen LogP contribution in [0.25, 0.3) is 6.08 Å². The van der Waals surface area contributed by atoms with E-state index in [-0.39, 0.29) is 44.9 Å². The normalized spacial score (nSPS) is 42.6. The van der Waals surface area contributed by atoms with Crippen molar-refractivity contribution in [3.05, 3.63) is 59.2 Å². The number of fused-ring (bicyclic) bond motifs is 7. The van der Waals surface area contributed by atoms with E-state index >= 15 is 0 Å². The maximum absolute atomic E-state index is 13.0. The highest BCUT2D eigenvalue weighted by atomic mass is 16.5. The smallest absolute Gasteiger partial charge is 0.331 e. The minimum atomic E-state index is -0.646. The van der Waals surface area contributed by atoms with E-state index in [0.29, 0.717) is 11.8 Å². The fourth-order valence-electron chi connectivity index (χ4n) is 10.9. The number of aromatic hydroxyl groups is 1. The summed E-state index contributed by atoms with van der Waals surface area (Å²) in [4.78, 5) is 25.4. The number of carbonyl (C=O) groups excluding carboxylic acids is 1. The zero-order chi connectivity index (χ0) is 31.9. The Bertz CT molecular complexity index is 1450. The highest BCUT2D eigenvalue weighted by Gasteiger charge is 2.66. The summed E-state index contributed by atoms with van der Waals surface area (Å²) >= 11 is 0. The lowest BCUT2D eigenvalue weighted by Gasteiger charge is -2.68. The molecule has 8 atom stereocenters. The summed E-state index contributed by atoms with van der Waals surface area (Å²) in [5.41, 5.74) is 3.26. The van der Waals surface area contributed by atoms with Crippen molar-refractivity contribution in [3.8, 4) is 5.75 Å². The van der Waals surface area contributed by atoms with Crippen LogP contribution in [0.5, 0.6) is 5.75 Å². The minimum Gasteiger partial charge on any atom is -0.508 e. The number of carbonyl (C=O) groups is 2. The largest absolute Gasteiger partial charge is 0.508 e. The first-order valence-corrected chi connectivity index (χ1v) is 16.8.